The maximum absolute atomic E-state index is 12.9. The number of piperidine rings is 2. The van der Waals surface area contributed by atoms with Gasteiger partial charge in [-0.15, -0.1) is 0 Å². The van der Waals surface area contributed by atoms with Gasteiger partial charge in [0, 0.05) is 31.1 Å². The number of amides is 1. The first-order valence-electron chi connectivity index (χ1n) is 12.0. The Bertz CT molecular complexity index is 726. The molecule has 0 aromatic heterocycles. The van der Waals surface area contributed by atoms with Gasteiger partial charge in [0.15, 0.2) is 0 Å². The fraction of sp³-hybridized carbons (Fsp3) is 0.720. The summed E-state index contributed by atoms with van der Waals surface area (Å²) in [7, 11) is 0. The van der Waals surface area contributed by atoms with Gasteiger partial charge in [0.05, 0.1) is 5.41 Å². The van der Waals surface area contributed by atoms with Crippen LogP contribution in [0, 0.1) is 5.41 Å². The Balaban J connectivity index is 1.30. The van der Waals surface area contributed by atoms with Gasteiger partial charge in [-0.05, 0) is 88.4 Å². The lowest BCUT2D eigenvalue weighted by molar-refractivity contribution is -0.136. The Morgan fingerprint density at radius 1 is 1.00 bits per heavy atom. The van der Waals surface area contributed by atoms with Crippen LogP contribution in [0.25, 0.3) is 0 Å². The van der Waals surface area contributed by atoms with Crippen molar-refractivity contribution >= 4 is 5.91 Å². The van der Waals surface area contributed by atoms with Crippen LogP contribution < -0.4 is 10.6 Å². The number of likely N-dealkylation sites (tertiary alicyclic amines) is 1. The van der Waals surface area contributed by atoms with Crippen LogP contribution in [0.3, 0.4) is 0 Å². The predicted molar refractivity (Wildman–Crippen MR) is 117 cm³/mol. The predicted octanol–water partition coefficient (Wildman–Crippen LogP) is 3.78. The standard InChI is InChI=1S/C25H37N3O/c1-18-4-2-15-28(18)22-10-9-21(16-22)19-5-7-20(8-6-19)23-17-26-14-12-25(23)11-3-13-27-24(25)29/h5-8,18,21-23,26H,2-4,9-17H2,1H3,(H,27,29). The quantitative estimate of drug-likeness (QED) is 0.819. The van der Waals surface area contributed by atoms with E-state index in [4.69, 9.17) is 0 Å². The monoisotopic (exact) mass is 395 g/mol. The molecule has 3 aliphatic heterocycles. The van der Waals surface area contributed by atoms with Gasteiger partial charge < -0.3 is 10.6 Å². The van der Waals surface area contributed by atoms with Gasteiger partial charge in [0.2, 0.25) is 5.91 Å². The summed E-state index contributed by atoms with van der Waals surface area (Å²) in [6.07, 6.45) is 9.86. The van der Waals surface area contributed by atoms with Crippen molar-refractivity contribution in [1.82, 2.24) is 15.5 Å². The van der Waals surface area contributed by atoms with E-state index < -0.39 is 0 Å². The number of hydrogen-bond acceptors (Lipinski definition) is 3. The number of hydrogen-bond donors (Lipinski definition) is 2. The molecule has 0 bridgehead atoms. The Hall–Kier alpha value is -1.39. The molecule has 1 saturated carbocycles. The summed E-state index contributed by atoms with van der Waals surface area (Å²) in [6.45, 7) is 6.44. The topological polar surface area (TPSA) is 44.4 Å². The molecule has 1 aromatic rings. The van der Waals surface area contributed by atoms with E-state index in [0.29, 0.717) is 11.8 Å². The van der Waals surface area contributed by atoms with Crippen molar-refractivity contribution in [2.24, 2.45) is 5.41 Å². The molecule has 1 aliphatic carbocycles. The second-order valence-corrected chi connectivity index (χ2v) is 10.1. The minimum absolute atomic E-state index is 0.199. The molecule has 5 unspecified atom stereocenters. The summed E-state index contributed by atoms with van der Waals surface area (Å²) in [6, 6.07) is 11.0. The number of carbonyl (C=O) groups is 1. The summed E-state index contributed by atoms with van der Waals surface area (Å²) in [4.78, 5) is 15.6. The fourth-order valence-electron chi connectivity index (χ4n) is 6.89. The van der Waals surface area contributed by atoms with Crippen LogP contribution in [0.1, 0.15) is 81.3 Å². The van der Waals surface area contributed by atoms with E-state index in [1.165, 1.54) is 49.8 Å². The highest BCUT2D eigenvalue weighted by Gasteiger charge is 2.48. The third-order valence-corrected chi connectivity index (χ3v) is 8.59. The summed E-state index contributed by atoms with van der Waals surface area (Å²) >= 11 is 0. The molecule has 5 rings (SSSR count). The molecule has 2 N–H and O–H groups in total. The minimum Gasteiger partial charge on any atom is -0.356 e. The van der Waals surface area contributed by atoms with Gasteiger partial charge in [0.1, 0.15) is 0 Å². The summed E-state index contributed by atoms with van der Waals surface area (Å²) in [5, 5.41) is 6.71. The second-order valence-electron chi connectivity index (χ2n) is 10.1. The van der Waals surface area contributed by atoms with Crippen LogP contribution in [-0.4, -0.2) is 49.1 Å². The molecule has 0 radical (unpaired) electrons. The van der Waals surface area contributed by atoms with Gasteiger partial charge in [-0.1, -0.05) is 24.3 Å². The first-order chi connectivity index (χ1) is 14.2. The number of nitrogens with one attached hydrogen (secondary N) is 2. The van der Waals surface area contributed by atoms with Crippen LogP contribution in [0.2, 0.25) is 0 Å². The third-order valence-electron chi connectivity index (χ3n) is 8.59. The molecule has 1 amide bonds. The number of rotatable bonds is 3. The maximum atomic E-state index is 12.9. The lowest BCUT2D eigenvalue weighted by atomic mass is 9.63. The zero-order valence-electron chi connectivity index (χ0n) is 18.0. The lowest BCUT2D eigenvalue weighted by Gasteiger charge is -2.45. The molecular weight excluding hydrogens is 358 g/mol. The highest BCUT2D eigenvalue weighted by molar-refractivity contribution is 5.84. The third kappa shape index (κ3) is 3.53. The van der Waals surface area contributed by atoms with E-state index >= 15 is 0 Å². The Kier molecular flexibility index (Phi) is 5.42. The fourth-order valence-corrected chi connectivity index (χ4v) is 6.89. The van der Waals surface area contributed by atoms with E-state index in [1.54, 1.807) is 0 Å². The van der Waals surface area contributed by atoms with Gasteiger partial charge in [-0.25, -0.2) is 0 Å². The Morgan fingerprint density at radius 2 is 1.83 bits per heavy atom. The van der Waals surface area contributed by atoms with Crippen LogP contribution in [0.15, 0.2) is 24.3 Å². The summed E-state index contributed by atoms with van der Waals surface area (Å²) in [5.74, 6) is 1.29. The minimum atomic E-state index is -0.199. The van der Waals surface area contributed by atoms with Crippen LogP contribution in [0.4, 0.5) is 0 Å². The molecule has 1 spiro atoms. The highest BCUT2D eigenvalue weighted by atomic mass is 16.2. The van der Waals surface area contributed by atoms with Crippen molar-refractivity contribution < 1.29 is 4.79 Å². The highest BCUT2D eigenvalue weighted by Crippen LogP contribution is 2.47. The summed E-state index contributed by atoms with van der Waals surface area (Å²) < 4.78 is 0. The molecule has 4 heteroatoms. The van der Waals surface area contributed by atoms with E-state index in [0.717, 1.165) is 51.0 Å². The van der Waals surface area contributed by atoms with Crippen LogP contribution in [0.5, 0.6) is 0 Å². The van der Waals surface area contributed by atoms with Gasteiger partial charge in [-0.3, -0.25) is 9.69 Å². The molecule has 3 heterocycles. The number of carbonyl (C=O) groups excluding carboxylic acids is 1. The van der Waals surface area contributed by atoms with E-state index in [9.17, 15) is 4.79 Å². The SMILES string of the molecule is CC1CCCN1C1CCC(c2ccc(C3CNCCC34CCCNC4=O)cc2)C1. The average molecular weight is 396 g/mol. The molecule has 4 fully saturated rings. The molecule has 29 heavy (non-hydrogen) atoms. The second kappa shape index (κ2) is 8.03. The first kappa shape index (κ1) is 19.6. The molecule has 1 aromatic carbocycles. The molecular formula is C25H37N3O. The van der Waals surface area contributed by atoms with Crippen LogP contribution >= 0.6 is 0 Å². The normalized spacial score (nSPS) is 38.4. The van der Waals surface area contributed by atoms with Crippen molar-refractivity contribution in [3.05, 3.63) is 35.4 Å². The van der Waals surface area contributed by atoms with E-state index in [1.807, 2.05) is 0 Å². The van der Waals surface area contributed by atoms with Crippen LogP contribution in [-0.2, 0) is 4.79 Å². The smallest absolute Gasteiger partial charge is 0.226 e. The Labute approximate surface area is 175 Å². The molecule has 158 valence electrons. The van der Waals surface area contributed by atoms with Crippen molar-refractivity contribution in [3.63, 3.8) is 0 Å². The molecule has 4 nitrogen and oxygen atoms in total. The largest absolute Gasteiger partial charge is 0.356 e. The van der Waals surface area contributed by atoms with Gasteiger partial charge in [-0.2, -0.15) is 0 Å². The number of benzene rings is 1. The average Bonchev–Trinajstić information content (AvgIpc) is 3.40. The zero-order valence-corrected chi connectivity index (χ0v) is 18.0. The maximum Gasteiger partial charge on any atom is 0.226 e. The van der Waals surface area contributed by atoms with Crippen molar-refractivity contribution in [1.29, 1.82) is 0 Å². The zero-order chi connectivity index (χ0) is 19.8. The van der Waals surface area contributed by atoms with Gasteiger partial charge in [0.25, 0.3) is 0 Å². The molecule has 5 atom stereocenters. The van der Waals surface area contributed by atoms with E-state index in [-0.39, 0.29) is 11.3 Å². The first-order valence-corrected chi connectivity index (χ1v) is 12.0. The van der Waals surface area contributed by atoms with E-state index in [2.05, 4.69) is 46.7 Å². The number of nitrogens with zero attached hydrogens (tertiary/aromatic N) is 1. The van der Waals surface area contributed by atoms with Crippen molar-refractivity contribution in [3.8, 4) is 0 Å². The summed E-state index contributed by atoms with van der Waals surface area (Å²) in [5.41, 5.74) is 2.66. The molecule has 3 saturated heterocycles. The lowest BCUT2D eigenvalue weighted by Crippen LogP contribution is -2.55. The van der Waals surface area contributed by atoms with Crippen molar-refractivity contribution in [2.45, 2.75) is 82.2 Å². The Morgan fingerprint density at radius 3 is 2.59 bits per heavy atom. The molecule has 4 aliphatic rings. The van der Waals surface area contributed by atoms with Gasteiger partial charge >= 0.3 is 0 Å². The van der Waals surface area contributed by atoms with Crippen molar-refractivity contribution in [2.75, 3.05) is 26.2 Å².